The molecule has 1 aliphatic rings. The molecule has 3 rings (SSSR count). The Morgan fingerprint density at radius 1 is 1.23 bits per heavy atom. The second-order valence-electron chi connectivity index (χ2n) is 5.64. The molecule has 0 aliphatic carbocycles. The smallest absolute Gasteiger partial charge is 0.254 e. The van der Waals surface area contributed by atoms with Crippen LogP contribution in [0.25, 0.3) is 0 Å². The van der Waals surface area contributed by atoms with Crippen molar-refractivity contribution in [3.05, 3.63) is 56.7 Å². The number of benzene rings is 1. The Morgan fingerprint density at radius 2 is 2.00 bits per heavy atom. The Kier molecular flexibility index (Phi) is 4.81. The molecule has 0 atom stereocenters. The van der Waals surface area contributed by atoms with E-state index in [0.29, 0.717) is 0 Å². The van der Waals surface area contributed by atoms with Crippen LogP contribution in [0.1, 0.15) is 20.8 Å². The predicted molar refractivity (Wildman–Crippen MR) is 91.7 cm³/mol. The number of carbonyl (C=O) groups is 1. The summed E-state index contributed by atoms with van der Waals surface area (Å²) in [4.78, 5) is 17.9. The van der Waals surface area contributed by atoms with Crippen molar-refractivity contribution in [1.29, 1.82) is 0 Å². The summed E-state index contributed by atoms with van der Waals surface area (Å²) in [5, 5.41) is 2.73. The summed E-state index contributed by atoms with van der Waals surface area (Å²) in [7, 11) is 0. The van der Waals surface area contributed by atoms with Gasteiger partial charge in [0.15, 0.2) is 0 Å². The lowest BCUT2D eigenvalue weighted by atomic mass is 10.2. The summed E-state index contributed by atoms with van der Waals surface area (Å²) in [5.74, 6) is 0.159. The molecule has 1 aliphatic heterocycles. The summed E-state index contributed by atoms with van der Waals surface area (Å²) in [5.41, 5.74) is 2.05. The minimum absolute atomic E-state index is 0.159. The Hall–Kier alpha value is -1.36. The van der Waals surface area contributed by atoms with Gasteiger partial charge in [-0.05, 0) is 30.7 Å². The number of carbonyl (C=O) groups excluding carboxylic acids is 1. The third-order valence-corrected chi connectivity index (χ3v) is 5.03. The van der Waals surface area contributed by atoms with E-state index in [1.165, 1.54) is 10.4 Å². The van der Waals surface area contributed by atoms with Crippen LogP contribution in [0.2, 0.25) is 5.02 Å². The van der Waals surface area contributed by atoms with Gasteiger partial charge in [0.05, 0.1) is 5.56 Å². The number of nitrogens with zero attached hydrogens (tertiary/aromatic N) is 2. The van der Waals surface area contributed by atoms with Crippen molar-refractivity contribution in [2.75, 3.05) is 26.2 Å². The van der Waals surface area contributed by atoms with Gasteiger partial charge in [0.1, 0.15) is 0 Å². The highest BCUT2D eigenvalue weighted by Crippen LogP contribution is 2.17. The van der Waals surface area contributed by atoms with Gasteiger partial charge < -0.3 is 4.90 Å². The minimum Gasteiger partial charge on any atom is -0.336 e. The minimum atomic E-state index is 0.159. The van der Waals surface area contributed by atoms with Gasteiger partial charge >= 0.3 is 0 Å². The van der Waals surface area contributed by atoms with Crippen LogP contribution in [0.4, 0.5) is 0 Å². The van der Waals surface area contributed by atoms with Gasteiger partial charge in [-0.1, -0.05) is 23.7 Å². The second kappa shape index (κ2) is 6.82. The zero-order valence-electron chi connectivity index (χ0n) is 12.6. The molecule has 2 aromatic rings. The molecule has 22 heavy (non-hydrogen) atoms. The summed E-state index contributed by atoms with van der Waals surface area (Å²) in [6, 6.07) is 9.96. The lowest BCUT2D eigenvalue weighted by Gasteiger charge is -2.34. The van der Waals surface area contributed by atoms with Crippen LogP contribution in [0.5, 0.6) is 0 Å². The first-order valence-corrected chi connectivity index (χ1v) is 8.69. The molecular formula is C17H19ClN2OS. The molecule has 2 heterocycles. The summed E-state index contributed by atoms with van der Waals surface area (Å²) in [6.45, 7) is 6.30. The van der Waals surface area contributed by atoms with E-state index in [9.17, 15) is 4.79 Å². The van der Waals surface area contributed by atoms with Crippen molar-refractivity contribution >= 4 is 28.8 Å². The fourth-order valence-corrected chi connectivity index (χ4v) is 3.63. The molecule has 5 heteroatoms. The number of aryl methyl sites for hydroxylation is 1. The number of halogens is 1. The van der Waals surface area contributed by atoms with Crippen molar-refractivity contribution < 1.29 is 4.79 Å². The molecule has 0 bridgehead atoms. The highest BCUT2D eigenvalue weighted by atomic mass is 35.5. The summed E-state index contributed by atoms with van der Waals surface area (Å²) >= 11 is 7.66. The van der Waals surface area contributed by atoms with Gasteiger partial charge in [-0.25, -0.2) is 0 Å². The maximum absolute atomic E-state index is 12.4. The van der Waals surface area contributed by atoms with E-state index in [2.05, 4.69) is 11.0 Å². The Labute approximate surface area is 140 Å². The average molecular weight is 335 g/mol. The number of rotatable bonds is 3. The van der Waals surface area contributed by atoms with E-state index in [4.69, 9.17) is 11.6 Å². The van der Waals surface area contributed by atoms with E-state index in [-0.39, 0.29) is 5.91 Å². The van der Waals surface area contributed by atoms with Gasteiger partial charge in [-0.2, -0.15) is 0 Å². The maximum Gasteiger partial charge on any atom is 0.254 e. The van der Waals surface area contributed by atoms with Crippen molar-refractivity contribution in [3.8, 4) is 0 Å². The summed E-state index contributed by atoms with van der Waals surface area (Å²) in [6.07, 6.45) is 0. The molecule has 0 N–H and O–H groups in total. The van der Waals surface area contributed by atoms with Gasteiger partial charge in [0.25, 0.3) is 5.91 Å². The van der Waals surface area contributed by atoms with Crippen molar-refractivity contribution in [3.63, 3.8) is 0 Å². The molecule has 3 nitrogen and oxygen atoms in total. The normalized spacial score (nSPS) is 16.0. The Morgan fingerprint density at radius 3 is 2.64 bits per heavy atom. The van der Waals surface area contributed by atoms with Crippen LogP contribution in [-0.4, -0.2) is 41.9 Å². The third kappa shape index (κ3) is 3.69. The zero-order chi connectivity index (χ0) is 15.5. The second-order valence-corrected chi connectivity index (χ2v) is 7.20. The molecule has 0 radical (unpaired) electrons. The van der Waals surface area contributed by atoms with Crippen LogP contribution in [0.3, 0.4) is 0 Å². The van der Waals surface area contributed by atoms with Gasteiger partial charge in [0.2, 0.25) is 0 Å². The molecule has 1 fully saturated rings. The Bertz CT molecular complexity index is 662. The highest BCUT2D eigenvalue weighted by molar-refractivity contribution is 7.10. The van der Waals surface area contributed by atoms with E-state index in [0.717, 1.165) is 43.3 Å². The summed E-state index contributed by atoms with van der Waals surface area (Å²) < 4.78 is 0. The standard InChI is InChI=1S/C17H19ClN2OS/c1-13-9-15(12-22-13)17(21)20-7-5-19(6-8-20)11-14-3-2-4-16(18)10-14/h2-4,9-10,12H,5-8,11H2,1H3. The SMILES string of the molecule is Cc1cc(C(=O)N2CCN(Cc3cccc(Cl)c3)CC2)cs1. The first kappa shape index (κ1) is 15.5. The monoisotopic (exact) mass is 334 g/mol. The number of hydrogen-bond donors (Lipinski definition) is 0. The molecule has 116 valence electrons. The lowest BCUT2D eigenvalue weighted by Crippen LogP contribution is -2.48. The van der Waals surface area contributed by atoms with Gasteiger partial charge in [-0.3, -0.25) is 9.69 Å². The van der Waals surface area contributed by atoms with Crippen LogP contribution in [0.15, 0.2) is 35.7 Å². The van der Waals surface area contributed by atoms with Crippen LogP contribution >= 0.6 is 22.9 Å². The number of hydrogen-bond acceptors (Lipinski definition) is 3. The van der Waals surface area contributed by atoms with Crippen molar-refractivity contribution in [1.82, 2.24) is 9.80 Å². The van der Waals surface area contributed by atoms with Crippen molar-refractivity contribution in [2.24, 2.45) is 0 Å². The van der Waals surface area contributed by atoms with Gasteiger partial charge in [-0.15, -0.1) is 11.3 Å². The van der Waals surface area contributed by atoms with Crippen LogP contribution in [-0.2, 0) is 6.54 Å². The number of thiophene rings is 1. The molecule has 1 aromatic carbocycles. The first-order valence-electron chi connectivity index (χ1n) is 7.43. The molecule has 1 saturated heterocycles. The van der Waals surface area contributed by atoms with E-state index < -0.39 is 0 Å². The molecular weight excluding hydrogens is 316 g/mol. The maximum atomic E-state index is 12.4. The number of amides is 1. The fourth-order valence-electron chi connectivity index (χ4n) is 2.74. The Balaban J connectivity index is 1.55. The van der Waals surface area contributed by atoms with E-state index in [1.807, 2.05) is 41.5 Å². The lowest BCUT2D eigenvalue weighted by molar-refractivity contribution is 0.0629. The number of piperazine rings is 1. The largest absolute Gasteiger partial charge is 0.336 e. The van der Waals surface area contributed by atoms with E-state index >= 15 is 0 Å². The topological polar surface area (TPSA) is 23.6 Å². The van der Waals surface area contributed by atoms with Crippen LogP contribution < -0.4 is 0 Å². The molecule has 0 saturated carbocycles. The highest BCUT2D eigenvalue weighted by Gasteiger charge is 2.22. The molecule has 0 unspecified atom stereocenters. The predicted octanol–water partition coefficient (Wildman–Crippen LogP) is 3.67. The van der Waals surface area contributed by atoms with E-state index in [1.54, 1.807) is 11.3 Å². The average Bonchev–Trinajstić information content (AvgIpc) is 2.94. The van der Waals surface area contributed by atoms with Gasteiger partial charge in [0, 0.05) is 48.0 Å². The molecule has 1 amide bonds. The first-order chi connectivity index (χ1) is 10.6. The van der Waals surface area contributed by atoms with Crippen LogP contribution in [0, 0.1) is 6.92 Å². The van der Waals surface area contributed by atoms with Crippen molar-refractivity contribution in [2.45, 2.75) is 13.5 Å². The fraction of sp³-hybridized carbons (Fsp3) is 0.353. The molecule has 0 spiro atoms. The third-order valence-electron chi connectivity index (χ3n) is 3.93. The zero-order valence-corrected chi connectivity index (χ0v) is 14.2. The molecule has 1 aromatic heterocycles. The quantitative estimate of drug-likeness (QED) is 0.855.